The van der Waals surface area contributed by atoms with E-state index < -0.39 is 0 Å². The summed E-state index contributed by atoms with van der Waals surface area (Å²) < 4.78 is 1.90. The fraction of sp³-hybridized carbons (Fsp3) is 0.400. The molecule has 0 aromatic carbocycles. The Kier molecular flexibility index (Phi) is 2.35. The molecule has 0 bridgehead atoms. The van der Waals surface area contributed by atoms with Gasteiger partial charge in [0.25, 0.3) is 0 Å². The predicted molar refractivity (Wildman–Crippen MR) is 53.9 cm³/mol. The van der Waals surface area contributed by atoms with Crippen molar-refractivity contribution in [3.8, 4) is 0 Å². The van der Waals surface area contributed by atoms with Crippen molar-refractivity contribution in [2.45, 2.75) is 19.8 Å². The number of nitrogens with zero attached hydrogens (tertiary/aromatic N) is 3. The lowest BCUT2D eigenvalue weighted by atomic mass is 10.2. The van der Waals surface area contributed by atoms with Crippen LogP contribution in [0.5, 0.6) is 0 Å². The summed E-state index contributed by atoms with van der Waals surface area (Å²) in [7, 11) is 1.96. The van der Waals surface area contributed by atoms with Crippen molar-refractivity contribution in [2.75, 3.05) is 0 Å². The summed E-state index contributed by atoms with van der Waals surface area (Å²) in [6.07, 6.45) is 3.77. The smallest absolute Gasteiger partial charge is 0.0628 e. The molecule has 0 saturated heterocycles. The molecule has 0 saturated carbocycles. The highest BCUT2D eigenvalue weighted by Gasteiger charge is 2.01. The Morgan fingerprint density at radius 1 is 1.43 bits per heavy atom. The van der Waals surface area contributed by atoms with Crippen LogP contribution in [0.2, 0.25) is 0 Å². The van der Waals surface area contributed by atoms with Crippen LogP contribution in [-0.4, -0.2) is 20.0 Å². The normalized spacial score (nSPS) is 10.7. The highest BCUT2D eigenvalue weighted by Crippen LogP contribution is 2.04. The lowest BCUT2D eigenvalue weighted by Crippen LogP contribution is -2.00. The Morgan fingerprint density at radius 3 is 2.86 bits per heavy atom. The summed E-state index contributed by atoms with van der Waals surface area (Å²) in [4.78, 5) is 0. The molecule has 0 atom stereocenters. The molecule has 4 nitrogen and oxygen atoms in total. The van der Waals surface area contributed by atoms with Gasteiger partial charge in [-0.15, -0.1) is 0 Å². The van der Waals surface area contributed by atoms with E-state index >= 15 is 0 Å². The zero-order valence-corrected chi connectivity index (χ0v) is 8.49. The van der Waals surface area contributed by atoms with Crippen molar-refractivity contribution < 1.29 is 0 Å². The largest absolute Gasteiger partial charge is 0.283 e. The second kappa shape index (κ2) is 3.65. The SMILES string of the molecule is Cc1cc(CCc2ccnn2C)n[nH]1. The molecule has 74 valence electrons. The Hall–Kier alpha value is -1.58. The van der Waals surface area contributed by atoms with E-state index in [0.29, 0.717) is 0 Å². The number of aromatic amines is 1. The number of aromatic nitrogens is 4. The van der Waals surface area contributed by atoms with Gasteiger partial charge in [0.15, 0.2) is 0 Å². The first kappa shape index (κ1) is 8.99. The molecule has 0 aliphatic heterocycles. The lowest BCUT2D eigenvalue weighted by Gasteiger charge is -1.98. The van der Waals surface area contributed by atoms with Crippen LogP contribution in [0, 0.1) is 6.92 Å². The van der Waals surface area contributed by atoms with Crippen LogP contribution in [0.4, 0.5) is 0 Å². The zero-order chi connectivity index (χ0) is 9.97. The second-order valence-electron chi connectivity index (χ2n) is 3.49. The fourth-order valence-electron chi connectivity index (χ4n) is 1.51. The first-order valence-electron chi connectivity index (χ1n) is 4.73. The van der Waals surface area contributed by atoms with Gasteiger partial charge in [0, 0.05) is 24.6 Å². The number of nitrogens with one attached hydrogen (secondary N) is 1. The minimum Gasteiger partial charge on any atom is -0.283 e. The minimum absolute atomic E-state index is 0.962. The minimum atomic E-state index is 0.962. The van der Waals surface area contributed by atoms with Gasteiger partial charge in [-0.3, -0.25) is 9.78 Å². The highest BCUT2D eigenvalue weighted by molar-refractivity contribution is 5.09. The van der Waals surface area contributed by atoms with Crippen molar-refractivity contribution in [1.82, 2.24) is 20.0 Å². The number of rotatable bonds is 3. The first-order chi connectivity index (χ1) is 6.75. The summed E-state index contributed by atoms with van der Waals surface area (Å²) in [5.41, 5.74) is 3.47. The quantitative estimate of drug-likeness (QED) is 0.791. The average Bonchev–Trinajstić information content (AvgIpc) is 2.72. The summed E-state index contributed by atoms with van der Waals surface area (Å²) in [5.74, 6) is 0. The van der Waals surface area contributed by atoms with E-state index in [-0.39, 0.29) is 0 Å². The fourth-order valence-corrected chi connectivity index (χ4v) is 1.51. The number of hydrogen-bond donors (Lipinski definition) is 1. The van der Waals surface area contributed by atoms with Crippen LogP contribution < -0.4 is 0 Å². The first-order valence-corrected chi connectivity index (χ1v) is 4.73. The van der Waals surface area contributed by atoms with E-state index in [1.165, 1.54) is 5.69 Å². The summed E-state index contributed by atoms with van der Waals surface area (Å²) in [6, 6.07) is 4.12. The third-order valence-electron chi connectivity index (χ3n) is 2.32. The van der Waals surface area contributed by atoms with Crippen LogP contribution in [0.3, 0.4) is 0 Å². The van der Waals surface area contributed by atoms with E-state index in [4.69, 9.17) is 0 Å². The molecule has 0 amide bonds. The van der Waals surface area contributed by atoms with Crippen molar-refractivity contribution >= 4 is 0 Å². The molecule has 0 aliphatic rings. The topological polar surface area (TPSA) is 46.5 Å². The van der Waals surface area contributed by atoms with Gasteiger partial charge in [-0.2, -0.15) is 10.2 Å². The molecule has 4 heteroatoms. The van der Waals surface area contributed by atoms with Gasteiger partial charge in [-0.25, -0.2) is 0 Å². The maximum Gasteiger partial charge on any atom is 0.0628 e. The molecule has 0 radical (unpaired) electrons. The molecule has 0 aliphatic carbocycles. The molecule has 0 spiro atoms. The number of hydrogen-bond acceptors (Lipinski definition) is 2. The molecule has 2 aromatic rings. The standard InChI is InChI=1S/C10H14N4/c1-8-7-9(13-12-8)3-4-10-5-6-11-14(10)2/h5-7H,3-4H2,1-2H3,(H,12,13). The van der Waals surface area contributed by atoms with Crippen LogP contribution in [0.1, 0.15) is 17.1 Å². The van der Waals surface area contributed by atoms with Gasteiger partial charge in [0.2, 0.25) is 0 Å². The molecular formula is C10H14N4. The van der Waals surface area contributed by atoms with Crippen molar-refractivity contribution in [3.05, 3.63) is 35.4 Å². The van der Waals surface area contributed by atoms with Gasteiger partial charge in [-0.05, 0) is 31.9 Å². The van der Waals surface area contributed by atoms with E-state index in [2.05, 4.69) is 21.4 Å². The molecule has 1 N–H and O–H groups in total. The third kappa shape index (κ3) is 1.84. The van der Waals surface area contributed by atoms with Crippen LogP contribution in [-0.2, 0) is 19.9 Å². The Bertz CT molecular complexity index is 413. The van der Waals surface area contributed by atoms with Gasteiger partial charge in [-0.1, -0.05) is 0 Å². The van der Waals surface area contributed by atoms with Crippen LogP contribution >= 0.6 is 0 Å². The van der Waals surface area contributed by atoms with Crippen molar-refractivity contribution in [1.29, 1.82) is 0 Å². The molecule has 14 heavy (non-hydrogen) atoms. The molecule has 0 unspecified atom stereocenters. The maximum atomic E-state index is 4.19. The van der Waals surface area contributed by atoms with E-state index in [9.17, 15) is 0 Å². The van der Waals surface area contributed by atoms with E-state index in [0.717, 1.165) is 24.2 Å². The third-order valence-corrected chi connectivity index (χ3v) is 2.32. The number of H-pyrrole nitrogens is 1. The molecule has 2 rings (SSSR count). The van der Waals surface area contributed by atoms with Gasteiger partial charge in [0.05, 0.1) is 5.69 Å². The maximum absolute atomic E-state index is 4.19. The van der Waals surface area contributed by atoms with Gasteiger partial charge >= 0.3 is 0 Å². The Labute approximate surface area is 83.0 Å². The second-order valence-corrected chi connectivity index (χ2v) is 3.49. The number of aryl methyl sites for hydroxylation is 4. The monoisotopic (exact) mass is 190 g/mol. The Balaban J connectivity index is 1.98. The van der Waals surface area contributed by atoms with Crippen LogP contribution in [0.15, 0.2) is 18.3 Å². The summed E-state index contributed by atoms with van der Waals surface area (Å²) in [6.45, 7) is 2.01. The van der Waals surface area contributed by atoms with E-state index in [1.54, 1.807) is 0 Å². The lowest BCUT2D eigenvalue weighted by molar-refractivity contribution is 0.699. The predicted octanol–water partition coefficient (Wildman–Crippen LogP) is 1.24. The van der Waals surface area contributed by atoms with Gasteiger partial charge < -0.3 is 0 Å². The molecule has 2 heterocycles. The Morgan fingerprint density at radius 2 is 2.29 bits per heavy atom. The zero-order valence-electron chi connectivity index (χ0n) is 8.49. The van der Waals surface area contributed by atoms with Gasteiger partial charge in [0.1, 0.15) is 0 Å². The molecule has 0 fully saturated rings. The molecule has 2 aromatic heterocycles. The molecular weight excluding hydrogens is 176 g/mol. The van der Waals surface area contributed by atoms with Crippen molar-refractivity contribution in [2.24, 2.45) is 7.05 Å². The van der Waals surface area contributed by atoms with Crippen molar-refractivity contribution in [3.63, 3.8) is 0 Å². The summed E-state index contributed by atoms with van der Waals surface area (Å²) >= 11 is 0. The van der Waals surface area contributed by atoms with Crippen LogP contribution in [0.25, 0.3) is 0 Å². The van der Waals surface area contributed by atoms with E-state index in [1.807, 2.05) is 30.9 Å². The summed E-state index contributed by atoms with van der Waals surface area (Å²) in [5, 5.41) is 11.3. The average molecular weight is 190 g/mol. The highest BCUT2D eigenvalue weighted by atomic mass is 15.2.